The van der Waals surface area contributed by atoms with Gasteiger partial charge in [0.2, 0.25) is 0 Å². The molecule has 0 radical (unpaired) electrons. The van der Waals surface area contributed by atoms with Crippen molar-refractivity contribution in [3.05, 3.63) is 76.4 Å². The second-order valence-corrected chi connectivity index (χ2v) is 5.81. The molecule has 108 valence electrons. The fourth-order valence-electron chi connectivity index (χ4n) is 2.34. The van der Waals surface area contributed by atoms with Crippen LogP contribution in [0, 0.1) is 0 Å². The van der Waals surface area contributed by atoms with Gasteiger partial charge in [0.25, 0.3) is 0 Å². The number of hydrogen-bond acceptors (Lipinski definition) is 4. The summed E-state index contributed by atoms with van der Waals surface area (Å²) in [7, 11) is 0. The van der Waals surface area contributed by atoms with E-state index in [4.69, 9.17) is 4.42 Å². The molecule has 0 aliphatic rings. The Kier molecular flexibility index (Phi) is 4.38. The number of phenols is 1. The summed E-state index contributed by atoms with van der Waals surface area (Å²) in [4.78, 5) is 2.30. The molecule has 0 amide bonds. The Balaban J connectivity index is 1.74. The Bertz CT molecular complexity index is 626. The summed E-state index contributed by atoms with van der Waals surface area (Å²) in [6.45, 7) is 2.38. The summed E-state index contributed by atoms with van der Waals surface area (Å²) in [6.07, 6.45) is 1.70. The first kappa shape index (κ1) is 13.9. The molecule has 2 aromatic heterocycles. The van der Waals surface area contributed by atoms with Gasteiger partial charge in [-0.15, -0.1) is 0 Å². The molecule has 21 heavy (non-hydrogen) atoms. The molecule has 1 N–H and O–H groups in total. The fourth-order valence-corrected chi connectivity index (χ4v) is 3.00. The number of rotatable bonds is 6. The van der Waals surface area contributed by atoms with Crippen LogP contribution in [0.4, 0.5) is 0 Å². The molecule has 0 saturated heterocycles. The molecule has 0 atom stereocenters. The average molecular weight is 299 g/mol. The molecule has 0 aliphatic carbocycles. The summed E-state index contributed by atoms with van der Waals surface area (Å²) in [5.41, 5.74) is 2.39. The topological polar surface area (TPSA) is 36.6 Å². The zero-order valence-corrected chi connectivity index (χ0v) is 12.4. The third-order valence-corrected chi connectivity index (χ3v) is 3.99. The van der Waals surface area contributed by atoms with E-state index in [1.165, 1.54) is 5.56 Å². The average Bonchev–Trinajstić information content (AvgIpc) is 3.12. The smallest absolute Gasteiger partial charge is 0.117 e. The lowest BCUT2D eigenvalue weighted by molar-refractivity contribution is 0.227. The van der Waals surface area contributed by atoms with E-state index in [9.17, 15) is 5.11 Å². The first-order chi connectivity index (χ1) is 10.3. The highest BCUT2D eigenvalue weighted by Crippen LogP contribution is 2.18. The highest BCUT2D eigenvalue weighted by atomic mass is 32.1. The lowest BCUT2D eigenvalue weighted by atomic mass is 10.2. The van der Waals surface area contributed by atoms with E-state index in [0.717, 1.165) is 31.0 Å². The zero-order valence-electron chi connectivity index (χ0n) is 11.6. The summed E-state index contributed by atoms with van der Waals surface area (Å²) >= 11 is 1.71. The number of aromatic hydroxyl groups is 1. The largest absolute Gasteiger partial charge is 0.508 e. The molecular weight excluding hydrogens is 282 g/mol. The van der Waals surface area contributed by atoms with Crippen LogP contribution >= 0.6 is 11.3 Å². The standard InChI is InChI=1S/C17H17NO2S/c19-16-4-1-3-14(9-16)10-18(11-15-6-8-21-13-15)12-17-5-2-7-20-17/h1-9,13,19H,10-12H2. The van der Waals surface area contributed by atoms with Crippen LogP contribution in [-0.2, 0) is 19.6 Å². The van der Waals surface area contributed by atoms with Gasteiger partial charge in [-0.25, -0.2) is 0 Å². The monoisotopic (exact) mass is 299 g/mol. The Morgan fingerprint density at radius 2 is 1.90 bits per heavy atom. The van der Waals surface area contributed by atoms with Gasteiger partial charge in [-0.3, -0.25) is 4.90 Å². The molecule has 0 bridgehead atoms. The Morgan fingerprint density at radius 1 is 1.00 bits per heavy atom. The molecule has 2 heterocycles. The highest BCUT2D eigenvalue weighted by Gasteiger charge is 2.10. The number of benzene rings is 1. The van der Waals surface area contributed by atoms with Crippen molar-refractivity contribution >= 4 is 11.3 Å². The van der Waals surface area contributed by atoms with Crippen molar-refractivity contribution in [2.45, 2.75) is 19.6 Å². The molecule has 3 aromatic rings. The quantitative estimate of drug-likeness (QED) is 0.739. The maximum absolute atomic E-state index is 9.60. The first-order valence-electron chi connectivity index (χ1n) is 6.83. The third kappa shape index (κ3) is 3.97. The predicted molar refractivity (Wildman–Crippen MR) is 84.1 cm³/mol. The van der Waals surface area contributed by atoms with Crippen molar-refractivity contribution in [2.75, 3.05) is 0 Å². The van der Waals surface area contributed by atoms with Crippen LogP contribution in [0.15, 0.2) is 63.9 Å². The van der Waals surface area contributed by atoms with Crippen molar-refractivity contribution in [3.63, 3.8) is 0 Å². The SMILES string of the molecule is Oc1cccc(CN(Cc2ccsc2)Cc2ccco2)c1. The number of phenolic OH excluding ortho intramolecular Hbond substituents is 1. The highest BCUT2D eigenvalue weighted by molar-refractivity contribution is 7.07. The maximum atomic E-state index is 9.60. The van der Waals surface area contributed by atoms with E-state index < -0.39 is 0 Å². The molecule has 4 heteroatoms. The molecule has 3 nitrogen and oxygen atoms in total. The van der Waals surface area contributed by atoms with Crippen molar-refractivity contribution in [1.82, 2.24) is 4.90 Å². The molecule has 0 aliphatic heterocycles. The van der Waals surface area contributed by atoms with Crippen molar-refractivity contribution < 1.29 is 9.52 Å². The number of nitrogens with zero attached hydrogens (tertiary/aromatic N) is 1. The summed E-state index contributed by atoms with van der Waals surface area (Å²) in [5, 5.41) is 13.9. The molecular formula is C17H17NO2S. The summed E-state index contributed by atoms with van der Waals surface area (Å²) < 4.78 is 5.46. The lowest BCUT2D eigenvalue weighted by Gasteiger charge is -2.21. The molecule has 0 fully saturated rings. The fraction of sp³-hybridized carbons (Fsp3) is 0.176. The Hall–Kier alpha value is -2.04. The third-order valence-electron chi connectivity index (χ3n) is 3.26. The minimum Gasteiger partial charge on any atom is -0.508 e. The van der Waals surface area contributed by atoms with Crippen LogP contribution in [0.2, 0.25) is 0 Å². The van der Waals surface area contributed by atoms with Gasteiger partial charge in [-0.05, 0) is 52.2 Å². The number of hydrogen-bond donors (Lipinski definition) is 1. The van der Waals surface area contributed by atoms with E-state index >= 15 is 0 Å². The van der Waals surface area contributed by atoms with E-state index in [1.807, 2.05) is 30.3 Å². The van der Waals surface area contributed by atoms with Gasteiger partial charge < -0.3 is 9.52 Å². The van der Waals surface area contributed by atoms with Gasteiger partial charge in [0, 0.05) is 13.1 Å². The Morgan fingerprint density at radius 3 is 2.62 bits per heavy atom. The van der Waals surface area contributed by atoms with Crippen LogP contribution in [0.5, 0.6) is 5.75 Å². The van der Waals surface area contributed by atoms with Gasteiger partial charge in [-0.1, -0.05) is 12.1 Å². The van der Waals surface area contributed by atoms with Gasteiger partial charge >= 0.3 is 0 Å². The minimum absolute atomic E-state index is 0.306. The van der Waals surface area contributed by atoms with Crippen molar-refractivity contribution in [3.8, 4) is 5.75 Å². The summed E-state index contributed by atoms with van der Waals surface area (Å²) in [5.74, 6) is 1.26. The molecule has 0 spiro atoms. The first-order valence-corrected chi connectivity index (χ1v) is 7.77. The van der Waals surface area contributed by atoms with Crippen LogP contribution in [-0.4, -0.2) is 10.0 Å². The Labute approximate surface area is 128 Å². The zero-order chi connectivity index (χ0) is 14.5. The maximum Gasteiger partial charge on any atom is 0.117 e. The van der Waals surface area contributed by atoms with Crippen LogP contribution < -0.4 is 0 Å². The van der Waals surface area contributed by atoms with Crippen LogP contribution in [0.1, 0.15) is 16.9 Å². The number of furan rings is 1. The minimum atomic E-state index is 0.306. The van der Waals surface area contributed by atoms with E-state index in [2.05, 4.69) is 21.7 Å². The molecule has 3 rings (SSSR count). The van der Waals surface area contributed by atoms with E-state index in [-0.39, 0.29) is 0 Å². The van der Waals surface area contributed by atoms with Crippen LogP contribution in [0.25, 0.3) is 0 Å². The van der Waals surface area contributed by atoms with Crippen molar-refractivity contribution in [1.29, 1.82) is 0 Å². The van der Waals surface area contributed by atoms with Crippen molar-refractivity contribution in [2.24, 2.45) is 0 Å². The van der Waals surface area contributed by atoms with E-state index in [1.54, 1.807) is 23.7 Å². The number of thiophene rings is 1. The lowest BCUT2D eigenvalue weighted by Crippen LogP contribution is -2.21. The second-order valence-electron chi connectivity index (χ2n) is 5.03. The van der Waals surface area contributed by atoms with Gasteiger partial charge in [0.05, 0.1) is 12.8 Å². The van der Waals surface area contributed by atoms with Gasteiger partial charge in [0.1, 0.15) is 11.5 Å². The van der Waals surface area contributed by atoms with Gasteiger partial charge in [0.15, 0.2) is 0 Å². The summed E-state index contributed by atoms with van der Waals surface area (Å²) in [6, 6.07) is 13.4. The normalized spacial score (nSPS) is 11.1. The van der Waals surface area contributed by atoms with E-state index in [0.29, 0.717) is 5.75 Å². The predicted octanol–water partition coefficient (Wildman–Crippen LogP) is 4.25. The van der Waals surface area contributed by atoms with Crippen LogP contribution in [0.3, 0.4) is 0 Å². The molecule has 0 unspecified atom stereocenters. The molecule has 1 aromatic carbocycles. The second kappa shape index (κ2) is 6.61. The molecule has 0 saturated carbocycles. The van der Waals surface area contributed by atoms with Gasteiger partial charge in [-0.2, -0.15) is 11.3 Å².